The molecule has 0 bridgehead atoms. The van der Waals surface area contributed by atoms with Crippen molar-refractivity contribution in [1.82, 2.24) is 19.5 Å². The van der Waals surface area contributed by atoms with E-state index in [-0.39, 0.29) is 11.6 Å². The van der Waals surface area contributed by atoms with Gasteiger partial charge in [0.2, 0.25) is 5.82 Å². The number of imidazole rings is 1. The number of nitrogen functional groups attached to an aromatic ring is 1. The number of halogens is 3. The van der Waals surface area contributed by atoms with Gasteiger partial charge in [-0.3, -0.25) is 0 Å². The van der Waals surface area contributed by atoms with Gasteiger partial charge in [0.05, 0.1) is 0 Å². The molecule has 2 aromatic rings. The first-order valence-electron chi connectivity index (χ1n) is 5.78. The lowest BCUT2D eigenvalue weighted by molar-refractivity contribution is -0.144. The third-order valence-electron chi connectivity index (χ3n) is 2.58. The number of nitrogens with zero attached hydrogens (tertiary/aromatic N) is 4. The van der Waals surface area contributed by atoms with E-state index >= 15 is 0 Å². The number of aromatic nitrogens is 4. The molecule has 0 atom stereocenters. The van der Waals surface area contributed by atoms with Crippen LogP contribution in [0.4, 0.5) is 24.8 Å². The fourth-order valence-corrected chi connectivity index (χ4v) is 1.62. The summed E-state index contributed by atoms with van der Waals surface area (Å²) in [6.07, 6.45) is -0.625. The molecule has 0 aliphatic heterocycles. The molecule has 0 aliphatic carbocycles. The molecule has 2 rings (SSSR count). The van der Waals surface area contributed by atoms with Gasteiger partial charge >= 0.3 is 6.18 Å². The van der Waals surface area contributed by atoms with Gasteiger partial charge in [0.15, 0.2) is 0 Å². The fraction of sp³-hybridized carbons (Fsp3) is 0.364. The zero-order valence-corrected chi connectivity index (χ0v) is 10.6. The molecule has 108 valence electrons. The van der Waals surface area contributed by atoms with E-state index in [1.54, 1.807) is 12.4 Å². The van der Waals surface area contributed by atoms with Crippen LogP contribution in [0.2, 0.25) is 0 Å². The van der Waals surface area contributed by atoms with Gasteiger partial charge in [-0.1, -0.05) is 0 Å². The summed E-state index contributed by atoms with van der Waals surface area (Å²) in [5, 5.41) is 2.78. The molecule has 0 fully saturated rings. The smallest absolute Gasteiger partial charge is 0.384 e. The maximum Gasteiger partial charge on any atom is 0.451 e. The summed E-state index contributed by atoms with van der Waals surface area (Å²) in [6, 6.07) is 1.26. The predicted molar refractivity (Wildman–Crippen MR) is 66.8 cm³/mol. The van der Waals surface area contributed by atoms with Crippen molar-refractivity contribution in [2.24, 2.45) is 7.05 Å². The Morgan fingerprint density at radius 3 is 2.70 bits per heavy atom. The van der Waals surface area contributed by atoms with Gasteiger partial charge < -0.3 is 15.6 Å². The average Bonchev–Trinajstić information content (AvgIpc) is 2.73. The van der Waals surface area contributed by atoms with Gasteiger partial charge in [-0.05, 0) is 0 Å². The van der Waals surface area contributed by atoms with Crippen LogP contribution in [0.3, 0.4) is 0 Å². The van der Waals surface area contributed by atoms with E-state index in [4.69, 9.17) is 5.73 Å². The van der Waals surface area contributed by atoms with E-state index in [1.807, 2.05) is 11.6 Å². The van der Waals surface area contributed by atoms with Crippen molar-refractivity contribution in [3.8, 4) is 0 Å². The number of anilines is 2. The van der Waals surface area contributed by atoms with Crippen molar-refractivity contribution < 1.29 is 13.2 Å². The van der Waals surface area contributed by atoms with Crippen molar-refractivity contribution in [2.75, 3.05) is 17.6 Å². The summed E-state index contributed by atoms with van der Waals surface area (Å²) in [6.45, 7) is 0.388. The van der Waals surface area contributed by atoms with Crippen LogP contribution in [0.5, 0.6) is 0 Å². The van der Waals surface area contributed by atoms with E-state index in [0.717, 1.165) is 5.82 Å². The van der Waals surface area contributed by atoms with Crippen molar-refractivity contribution in [3.05, 3.63) is 30.1 Å². The van der Waals surface area contributed by atoms with Crippen LogP contribution in [0.15, 0.2) is 18.5 Å². The number of alkyl halides is 3. The van der Waals surface area contributed by atoms with E-state index in [9.17, 15) is 13.2 Å². The Balaban J connectivity index is 2.03. The third-order valence-corrected chi connectivity index (χ3v) is 2.58. The van der Waals surface area contributed by atoms with Crippen LogP contribution in [0.25, 0.3) is 0 Å². The van der Waals surface area contributed by atoms with Crippen molar-refractivity contribution in [1.29, 1.82) is 0 Å². The summed E-state index contributed by atoms with van der Waals surface area (Å²) in [5.41, 5.74) is 5.34. The van der Waals surface area contributed by atoms with Crippen LogP contribution in [-0.4, -0.2) is 26.1 Å². The second kappa shape index (κ2) is 5.35. The SMILES string of the molecule is Cn1ccnc1CCNc1cc(N)nc(C(F)(F)F)n1. The molecule has 0 radical (unpaired) electrons. The highest BCUT2D eigenvalue weighted by Crippen LogP contribution is 2.27. The Morgan fingerprint density at radius 1 is 1.35 bits per heavy atom. The number of hydrogen-bond donors (Lipinski definition) is 2. The minimum absolute atomic E-state index is 0.0408. The largest absolute Gasteiger partial charge is 0.451 e. The summed E-state index contributed by atoms with van der Waals surface area (Å²) >= 11 is 0. The molecule has 0 saturated heterocycles. The maximum atomic E-state index is 12.5. The summed E-state index contributed by atoms with van der Waals surface area (Å²) in [5.74, 6) is -0.626. The molecule has 0 aliphatic rings. The molecule has 0 amide bonds. The fourth-order valence-electron chi connectivity index (χ4n) is 1.62. The summed E-state index contributed by atoms with van der Waals surface area (Å²) in [4.78, 5) is 10.7. The maximum absolute atomic E-state index is 12.5. The normalized spacial score (nSPS) is 11.6. The Kier molecular flexibility index (Phi) is 3.77. The van der Waals surface area contributed by atoms with Crippen LogP contribution in [-0.2, 0) is 19.6 Å². The van der Waals surface area contributed by atoms with Gasteiger partial charge in [0.1, 0.15) is 17.5 Å². The highest BCUT2D eigenvalue weighted by atomic mass is 19.4. The van der Waals surface area contributed by atoms with E-state index in [2.05, 4.69) is 20.3 Å². The minimum Gasteiger partial charge on any atom is -0.384 e. The topological polar surface area (TPSA) is 81.7 Å². The monoisotopic (exact) mass is 286 g/mol. The minimum atomic E-state index is -4.62. The van der Waals surface area contributed by atoms with Gasteiger partial charge in [-0.25, -0.2) is 15.0 Å². The zero-order chi connectivity index (χ0) is 14.8. The van der Waals surface area contributed by atoms with E-state index < -0.39 is 12.0 Å². The molecular formula is C11H13F3N6. The molecule has 0 spiro atoms. The van der Waals surface area contributed by atoms with Crippen LogP contribution >= 0.6 is 0 Å². The van der Waals surface area contributed by atoms with Crippen molar-refractivity contribution >= 4 is 11.6 Å². The molecule has 6 nitrogen and oxygen atoms in total. The Morgan fingerprint density at radius 2 is 2.10 bits per heavy atom. The summed E-state index contributed by atoms with van der Waals surface area (Å²) < 4.78 is 39.4. The molecule has 20 heavy (non-hydrogen) atoms. The molecule has 0 unspecified atom stereocenters. The quantitative estimate of drug-likeness (QED) is 0.889. The van der Waals surface area contributed by atoms with Crippen molar-refractivity contribution in [3.63, 3.8) is 0 Å². The van der Waals surface area contributed by atoms with Crippen LogP contribution < -0.4 is 11.1 Å². The van der Waals surface area contributed by atoms with Gasteiger partial charge in [-0.15, -0.1) is 0 Å². The highest BCUT2D eigenvalue weighted by molar-refractivity contribution is 5.44. The number of aryl methyl sites for hydroxylation is 1. The van der Waals surface area contributed by atoms with Gasteiger partial charge in [0, 0.05) is 38.5 Å². The Hall–Kier alpha value is -2.32. The number of nitrogens with one attached hydrogen (secondary N) is 1. The Labute approximate surface area is 112 Å². The Bertz CT molecular complexity index is 592. The first-order chi connectivity index (χ1) is 9.36. The summed E-state index contributed by atoms with van der Waals surface area (Å²) in [7, 11) is 1.84. The second-order valence-corrected chi connectivity index (χ2v) is 4.13. The third kappa shape index (κ3) is 3.37. The first-order valence-corrected chi connectivity index (χ1v) is 5.78. The van der Waals surface area contributed by atoms with E-state index in [1.165, 1.54) is 6.07 Å². The highest BCUT2D eigenvalue weighted by Gasteiger charge is 2.35. The first kappa shape index (κ1) is 14.1. The van der Waals surface area contributed by atoms with E-state index in [0.29, 0.717) is 13.0 Å². The lowest BCUT2D eigenvalue weighted by Gasteiger charge is -2.10. The lowest BCUT2D eigenvalue weighted by Crippen LogP contribution is -2.16. The molecule has 2 aromatic heterocycles. The standard InChI is InChI=1S/C11H13F3N6/c1-20-5-4-17-9(20)2-3-16-8-6-7(15)18-10(19-8)11(12,13)14/h4-6H,2-3H2,1H3,(H3,15,16,18,19). The number of rotatable bonds is 4. The van der Waals surface area contributed by atoms with Gasteiger partial charge in [-0.2, -0.15) is 13.2 Å². The molecule has 3 N–H and O–H groups in total. The predicted octanol–water partition coefficient (Wildman–Crippen LogP) is 1.47. The lowest BCUT2D eigenvalue weighted by atomic mass is 10.4. The number of hydrogen-bond acceptors (Lipinski definition) is 5. The molecule has 0 aromatic carbocycles. The van der Waals surface area contributed by atoms with Crippen LogP contribution in [0, 0.1) is 0 Å². The molecule has 2 heterocycles. The van der Waals surface area contributed by atoms with Gasteiger partial charge in [0.25, 0.3) is 0 Å². The van der Waals surface area contributed by atoms with Crippen molar-refractivity contribution in [2.45, 2.75) is 12.6 Å². The number of nitrogens with two attached hydrogens (primary N) is 1. The molecule has 0 saturated carbocycles. The molecule has 9 heteroatoms. The average molecular weight is 286 g/mol. The van der Waals surface area contributed by atoms with Crippen LogP contribution in [0.1, 0.15) is 11.6 Å². The second-order valence-electron chi connectivity index (χ2n) is 4.13. The molecular weight excluding hydrogens is 273 g/mol. The zero-order valence-electron chi connectivity index (χ0n) is 10.6.